The molecule has 140 valence electrons. The molecule has 0 unspecified atom stereocenters. The fourth-order valence-electron chi connectivity index (χ4n) is 2.79. The number of hydrogen-bond donors (Lipinski definition) is 0. The van der Waals surface area contributed by atoms with Gasteiger partial charge in [0.2, 0.25) is 0 Å². The van der Waals surface area contributed by atoms with E-state index in [0.717, 1.165) is 16.3 Å². The highest BCUT2D eigenvalue weighted by atomic mass is 35.5. The molecular formula is C21H16ClFN4S. The molecule has 0 saturated carbocycles. The fraction of sp³-hybridized carbons (Fsp3) is 0.0952. The second kappa shape index (κ2) is 8.54. The summed E-state index contributed by atoms with van der Waals surface area (Å²) in [6.07, 6.45) is 1.74. The van der Waals surface area contributed by atoms with Gasteiger partial charge in [-0.2, -0.15) is 0 Å². The van der Waals surface area contributed by atoms with Gasteiger partial charge in [0.15, 0.2) is 11.0 Å². The molecule has 0 aliphatic heterocycles. The Morgan fingerprint density at radius 1 is 0.893 bits per heavy atom. The minimum absolute atomic E-state index is 0.317. The summed E-state index contributed by atoms with van der Waals surface area (Å²) < 4.78 is 16.3. The van der Waals surface area contributed by atoms with Crippen molar-refractivity contribution in [1.29, 1.82) is 0 Å². The molecule has 0 atom stereocenters. The van der Waals surface area contributed by atoms with Crippen LogP contribution in [-0.4, -0.2) is 19.7 Å². The van der Waals surface area contributed by atoms with Crippen molar-refractivity contribution >= 4 is 23.4 Å². The van der Waals surface area contributed by atoms with Crippen LogP contribution in [0.4, 0.5) is 4.39 Å². The average molecular weight is 411 g/mol. The Labute approximate surface area is 171 Å². The monoisotopic (exact) mass is 410 g/mol. The Morgan fingerprint density at radius 3 is 2.43 bits per heavy atom. The van der Waals surface area contributed by atoms with E-state index in [1.54, 1.807) is 30.5 Å². The van der Waals surface area contributed by atoms with Crippen molar-refractivity contribution in [1.82, 2.24) is 19.7 Å². The lowest BCUT2D eigenvalue weighted by Crippen LogP contribution is -2.05. The first kappa shape index (κ1) is 18.7. The molecule has 0 radical (unpaired) electrons. The molecule has 0 aliphatic carbocycles. The van der Waals surface area contributed by atoms with Crippen LogP contribution >= 0.6 is 23.4 Å². The third-order valence-electron chi connectivity index (χ3n) is 4.17. The maximum Gasteiger partial charge on any atom is 0.192 e. The molecule has 0 saturated heterocycles. The molecule has 0 N–H and O–H groups in total. The first-order chi connectivity index (χ1) is 13.7. The maximum absolute atomic E-state index is 14.4. The molecule has 28 heavy (non-hydrogen) atoms. The van der Waals surface area contributed by atoms with Crippen LogP contribution in [0.1, 0.15) is 11.1 Å². The Hall–Kier alpha value is -2.70. The van der Waals surface area contributed by atoms with Crippen LogP contribution in [0, 0.1) is 5.82 Å². The van der Waals surface area contributed by atoms with Gasteiger partial charge in [-0.1, -0.05) is 71.9 Å². The summed E-state index contributed by atoms with van der Waals surface area (Å²) in [5.41, 5.74) is 2.55. The summed E-state index contributed by atoms with van der Waals surface area (Å²) in [6.45, 7) is 0.554. The molecule has 4 rings (SSSR count). The SMILES string of the molecule is Fc1ccccc1-c1nnc(SCc2ccc(Cl)nc2)n1Cc1ccccc1. The largest absolute Gasteiger partial charge is 0.297 e. The summed E-state index contributed by atoms with van der Waals surface area (Å²) in [6, 6.07) is 20.3. The molecule has 4 nitrogen and oxygen atoms in total. The van der Waals surface area contributed by atoms with Crippen LogP contribution in [0.15, 0.2) is 78.1 Å². The van der Waals surface area contributed by atoms with Gasteiger partial charge >= 0.3 is 0 Å². The van der Waals surface area contributed by atoms with Gasteiger partial charge in [-0.3, -0.25) is 4.57 Å². The quantitative estimate of drug-likeness (QED) is 0.312. The van der Waals surface area contributed by atoms with E-state index in [1.165, 1.54) is 17.8 Å². The summed E-state index contributed by atoms with van der Waals surface area (Å²) in [7, 11) is 0. The third-order valence-corrected chi connectivity index (χ3v) is 5.43. The molecule has 0 spiro atoms. The van der Waals surface area contributed by atoms with Crippen molar-refractivity contribution in [3.63, 3.8) is 0 Å². The summed E-state index contributed by atoms with van der Waals surface area (Å²) in [5, 5.41) is 9.79. The van der Waals surface area contributed by atoms with E-state index in [9.17, 15) is 4.39 Å². The second-order valence-corrected chi connectivity index (χ2v) is 7.47. The number of thioether (sulfide) groups is 1. The highest BCUT2D eigenvalue weighted by Gasteiger charge is 2.17. The van der Waals surface area contributed by atoms with Gasteiger partial charge < -0.3 is 0 Å². The average Bonchev–Trinajstić information content (AvgIpc) is 3.11. The van der Waals surface area contributed by atoms with Crippen LogP contribution in [0.25, 0.3) is 11.4 Å². The Kier molecular flexibility index (Phi) is 5.69. The molecule has 4 aromatic rings. The van der Waals surface area contributed by atoms with E-state index in [4.69, 9.17) is 11.6 Å². The minimum Gasteiger partial charge on any atom is -0.297 e. The van der Waals surface area contributed by atoms with Crippen molar-refractivity contribution in [2.24, 2.45) is 0 Å². The van der Waals surface area contributed by atoms with Gasteiger partial charge in [0.25, 0.3) is 0 Å². The van der Waals surface area contributed by atoms with Crippen LogP contribution in [0.2, 0.25) is 5.15 Å². The van der Waals surface area contributed by atoms with Crippen molar-refractivity contribution in [2.45, 2.75) is 17.5 Å². The number of halogens is 2. The summed E-state index contributed by atoms with van der Waals surface area (Å²) >= 11 is 7.38. The summed E-state index contributed by atoms with van der Waals surface area (Å²) in [5.74, 6) is 0.857. The topological polar surface area (TPSA) is 43.6 Å². The molecule has 2 aromatic carbocycles. The number of rotatable bonds is 6. The Balaban J connectivity index is 1.67. The molecule has 2 heterocycles. The zero-order chi connectivity index (χ0) is 19.3. The smallest absolute Gasteiger partial charge is 0.192 e. The van der Waals surface area contributed by atoms with E-state index < -0.39 is 0 Å². The fourth-order valence-corrected chi connectivity index (χ4v) is 3.77. The normalized spacial score (nSPS) is 10.9. The van der Waals surface area contributed by atoms with E-state index in [1.807, 2.05) is 41.0 Å². The van der Waals surface area contributed by atoms with E-state index in [2.05, 4.69) is 15.2 Å². The molecule has 7 heteroatoms. The number of aromatic nitrogens is 4. The van der Waals surface area contributed by atoms with Crippen LogP contribution in [-0.2, 0) is 12.3 Å². The van der Waals surface area contributed by atoms with Crippen molar-refractivity contribution < 1.29 is 4.39 Å². The molecule has 2 aromatic heterocycles. The van der Waals surface area contributed by atoms with Crippen LogP contribution in [0.5, 0.6) is 0 Å². The van der Waals surface area contributed by atoms with Crippen LogP contribution in [0.3, 0.4) is 0 Å². The van der Waals surface area contributed by atoms with Crippen molar-refractivity contribution in [2.75, 3.05) is 0 Å². The van der Waals surface area contributed by atoms with Gasteiger partial charge in [0.05, 0.1) is 12.1 Å². The van der Waals surface area contributed by atoms with Crippen molar-refractivity contribution in [3.05, 3.63) is 95.0 Å². The molecular weight excluding hydrogens is 395 g/mol. The number of nitrogens with zero attached hydrogens (tertiary/aromatic N) is 4. The number of pyridine rings is 1. The van der Waals surface area contributed by atoms with Gasteiger partial charge in [0.1, 0.15) is 11.0 Å². The van der Waals surface area contributed by atoms with Gasteiger partial charge in [-0.05, 0) is 29.3 Å². The highest BCUT2D eigenvalue weighted by molar-refractivity contribution is 7.98. The third kappa shape index (κ3) is 4.24. The minimum atomic E-state index is -0.317. The van der Waals surface area contributed by atoms with E-state index >= 15 is 0 Å². The molecule has 0 bridgehead atoms. The zero-order valence-electron chi connectivity index (χ0n) is 14.8. The van der Waals surface area contributed by atoms with E-state index in [0.29, 0.717) is 28.8 Å². The lowest BCUT2D eigenvalue weighted by molar-refractivity contribution is 0.626. The summed E-state index contributed by atoms with van der Waals surface area (Å²) in [4.78, 5) is 4.11. The Morgan fingerprint density at radius 2 is 1.68 bits per heavy atom. The molecule has 0 aliphatic rings. The first-order valence-electron chi connectivity index (χ1n) is 8.66. The Bertz CT molecular complexity index is 1070. The van der Waals surface area contributed by atoms with Gasteiger partial charge in [0, 0.05) is 11.9 Å². The standard InChI is InChI=1S/C21H16ClFN4S/c22-19-11-10-16(12-24-19)14-28-21-26-25-20(17-8-4-5-9-18(17)23)27(21)13-15-6-2-1-3-7-15/h1-12H,13-14H2. The zero-order valence-corrected chi connectivity index (χ0v) is 16.4. The van der Waals surface area contributed by atoms with Gasteiger partial charge in [-0.15, -0.1) is 10.2 Å². The molecule has 0 fully saturated rings. The highest BCUT2D eigenvalue weighted by Crippen LogP contribution is 2.28. The van der Waals surface area contributed by atoms with Crippen LogP contribution < -0.4 is 0 Å². The number of hydrogen-bond acceptors (Lipinski definition) is 4. The maximum atomic E-state index is 14.4. The predicted molar refractivity (Wildman–Crippen MR) is 110 cm³/mol. The lowest BCUT2D eigenvalue weighted by atomic mass is 10.2. The van der Waals surface area contributed by atoms with E-state index in [-0.39, 0.29) is 5.82 Å². The van der Waals surface area contributed by atoms with Crippen molar-refractivity contribution in [3.8, 4) is 11.4 Å². The number of benzene rings is 2. The van der Waals surface area contributed by atoms with Gasteiger partial charge in [-0.25, -0.2) is 9.37 Å². The first-order valence-corrected chi connectivity index (χ1v) is 10.0. The lowest BCUT2D eigenvalue weighted by Gasteiger charge is -2.11. The predicted octanol–water partition coefficient (Wildman–Crippen LogP) is 5.47. The molecule has 0 amide bonds. The second-order valence-electron chi connectivity index (χ2n) is 6.14.